The molecule has 1 saturated heterocycles. The van der Waals surface area contributed by atoms with Crippen LogP contribution in [0.3, 0.4) is 0 Å². The number of cyclic esters (lactones) is 1. The molecule has 9 atom stereocenters. The maximum absolute atomic E-state index is 12.9. The molecule has 1 aromatic rings. The molecule has 0 saturated carbocycles. The third kappa shape index (κ3) is 12.3. The van der Waals surface area contributed by atoms with Gasteiger partial charge in [0.15, 0.2) is 0 Å². The number of hydrogen-bond acceptors (Lipinski definition) is 7. The molecule has 2 aliphatic heterocycles. The number of epoxide rings is 1. The van der Waals surface area contributed by atoms with Crippen LogP contribution in [0.4, 0.5) is 10.5 Å². The van der Waals surface area contributed by atoms with E-state index in [0.717, 1.165) is 24.8 Å². The minimum Gasteiger partial charge on any atom is -0.458 e. The molecule has 47 heavy (non-hydrogen) atoms. The first-order valence-electron chi connectivity index (χ1n) is 17.3. The van der Waals surface area contributed by atoms with E-state index >= 15 is 0 Å². The summed E-state index contributed by atoms with van der Waals surface area (Å²) in [6.07, 6.45) is 12.4. The molecule has 8 heteroatoms. The molecule has 1 aromatic carbocycles. The maximum atomic E-state index is 12.9. The van der Waals surface area contributed by atoms with Crippen molar-refractivity contribution in [3.63, 3.8) is 0 Å². The third-order valence-electron chi connectivity index (χ3n) is 9.44. The van der Waals surface area contributed by atoms with Gasteiger partial charge < -0.3 is 18.9 Å². The van der Waals surface area contributed by atoms with Gasteiger partial charge in [-0.1, -0.05) is 91.0 Å². The van der Waals surface area contributed by atoms with E-state index in [9.17, 15) is 14.4 Å². The predicted molar refractivity (Wildman–Crippen MR) is 186 cm³/mol. The normalized spacial score (nSPS) is 29.3. The standard InChI is InChI=1S/C39H57NO7/c1-10-32(46-38(43)40-31-17-12-11-13-18-31)29(6)37-33(45-37)23-25(2)15-14-16-27(4)36-28(5)19-20-34(44-30(7)41)39(8,9)22-21-26(3)24-35(42)47-36/h11-20,25-26,28-29,32-34,36-37H,10,21-24H2,1-9H3,(H,40,43)/b15-14+,20-19+,27-16+. The highest BCUT2D eigenvalue weighted by atomic mass is 16.6. The smallest absolute Gasteiger partial charge is 0.411 e. The largest absolute Gasteiger partial charge is 0.458 e. The molecule has 1 fully saturated rings. The zero-order valence-electron chi connectivity index (χ0n) is 29.9. The number of ether oxygens (including phenoxy) is 4. The first-order chi connectivity index (χ1) is 22.2. The number of amides is 1. The van der Waals surface area contributed by atoms with Crippen LogP contribution in [0, 0.1) is 29.1 Å². The number of esters is 2. The average molecular weight is 652 g/mol. The van der Waals surface area contributed by atoms with E-state index in [1.54, 1.807) is 0 Å². The molecular weight excluding hydrogens is 594 g/mol. The fraction of sp³-hybridized carbons (Fsp3) is 0.615. The molecule has 0 bridgehead atoms. The van der Waals surface area contributed by atoms with Crippen LogP contribution in [-0.4, -0.2) is 48.6 Å². The van der Waals surface area contributed by atoms with Gasteiger partial charge in [0.2, 0.25) is 0 Å². The molecule has 0 radical (unpaired) electrons. The maximum Gasteiger partial charge on any atom is 0.411 e. The second kappa shape index (κ2) is 17.7. The van der Waals surface area contributed by atoms with Crippen molar-refractivity contribution in [1.82, 2.24) is 0 Å². The lowest BCUT2D eigenvalue weighted by Gasteiger charge is -2.34. The Bertz CT molecular complexity index is 1270. The Balaban J connectivity index is 1.59. The molecule has 2 aliphatic rings. The summed E-state index contributed by atoms with van der Waals surface area (Å²) < 4.78 is 23.6. The van der Waals surface area contributed by atoms with Gasteiger partial charge in [0.05, 0.1) is 12.2 Å². The lowest BCUT2D eigenvalue weighted by molar-refractivity contribution is -0.150. The van der Waals surface area contributed by atoms with Crippen LogP contribution in [0.15, 0.2) is 66.3 Å². The Morgan fingerprint density at radius 3 is 2.47 bits per heavy atom. The Hall–Kier alpha value is -3.39. The number of hydrogen-bond donors (Lipinski definition) is 1. The van der Waals surface area contributed by atoms with E-state index in [0.29, 0.717) is 18.5 Å². The molecule has 1 amide bonds. The molecular formula is C39H57NO7. The Morgan fingerprint density at radius 1 is 1.11 bits per heavy atom. The summed E-state index contributed by atoms with van der Waals surface area (Å²) in [5.74, 6) is -0.126. The molecule has 1 N–H and O–H groups in total. The fourth-order valence-electron chi connectivity index (χ4n) is 6.29. The van der Waals surface area contributed by atoms with Gasteiger partial charge in [-0.25, -0.2) is 4.79 Å². The highest BCUT2D eigenvalue weighted by Crippen LogP contribution is 2.38. The highest BCUT2D eigenvalue weighted by Gasteiger charge is 2.46. The summed E-state index contributed by atoms with van der Waals surface area (Å²) in [5, 5.41) is 2.79. The van der Waals surface area contributed by atoms with Gasteiger partial charge in [0, 0.05) is 36.3 Å². The van der Waals surface area contributed by atoms with Crippen molar-refractivity contribution in [1.29, 1.82) is 0 Å². The SMILES string of the molecule is CCC(OC(=O)Nc1ccccc1)C(C)C1OC1CC(C)/C=C/C=C(\C)C1OC(=O)CC(C)CCC(C)(C)C(OC(C)=O)/C=C/C1C. The van der Waals surface area contributed by atoms with Crippen molar-refractivity contribution in [2.75, 3.05) is 5.32 Å². The van der Waals surface area contributed by atoms with E-state index in [1.807, 2.05) is 75.4 Å². The molecule has 260 valence electrons. The summed E-state index contributed by atoms with van der Waals surface area (Å²) in [6, 6.07) is 9.28. The van der Waals surface area contributed by atoms with Gasteiger partial charge in [0.1, 0.15) is 18.3 Å². The van der Waals surface area contributed by atoms with E-state index in [1.165, 1.54) is 6.92 Å². The van der Waals surface area contributed by atoms with E-state index in [2.05, 4.69) is 46.0 Å². The first-order valence-corrected chi connectivity index (χ1v) is 17.3. The van der Waals surface area contributed by atoms with Crippen LogP contribution in [-0.2, 0) is 28.5 Å². The number of benzene rings is 1. The topological polar surface area (TPSA) is 103 Å². The molecule has 9 unspecified atom stereocenters. The van der Waals surface area contributed by atoms with Crippen molar-refractivity contribution < 1.29 is 33.3 Å². The average Bonchev–Trinajstić information content (AvgIpc) is 3.77. The van der Waals surface area contributed by atoms with Crippen molar-refractivity contribution in [2.24, 2.45) is 29.1 Å². The molecule has 0 aliphatic carbocycles. The summed E-state index contributed by atoms with van der Waals surface area (Å²) in [7, 11) is 0. The molecule has 0 aromatic heterocycles. The van der Waals surface area contributed by atoms with Gasteiger partial charge in [0.25, 0.3) is 0 Å². The summed E-state index contributed by atoms with van der Waals surface area (Å²) in [6.45, 7) is 18.0. The predicted octanol–water partition coefficient (Wildman–Crippen LogP) is 8.83. The van der Waals surface area contributed by atoms with E-state index in [4.69, 9.17) is 18.9 Å². The minimum atomic E-state index is -0.454. The van der Waals surface area contributed by atoms with Crippen molar-refractivity contribution in [3.8, 4) is 0 Å². The molecule has 8 nitrogen and oxygen atoms in total. The number of allylic oxidation sites excluding steroid dienone is 3. The highest BCUT2D eigenvalue weighted by molar-refractivity contribution is 5.84. The first kappa shape index (κ1) is 38.1. The summed E-state index contributed by atoms with van der Waals surface area (Å²) in [4.78, 5) is 37.3. The molecule has 2 heterocycles. The van der Waals surface area contributed by atoms with Crippen LogP contribution in [0.1, 0.15) is 94.4 Å². The number of nitrogens with one attached hydrogen (secondary N) is 1. The van der Waals surface area contributed by atoms with Crippen LogP contribution >= 0.6 is 0 Å². The number of para-hydroxylation sites is 1. The third-order valence-corrected chi connectivity index (χ3v) is 9.44. The van der Waals surface area contributed by atoms with Gasteiger partial charge in [-0.2, -0.15) is 0 Å². The van der Waals surface area contributed by atoms with Crippen LogP contribution in [0.5, 0.6) is 0 Å². The second-order valence-corrected chi connectivity index (χ2v) is 14.4. The van der Waals surface area contributed by atoms with Gasteiger partial charge >= 0.3 is 18.0 Å². The quantitative estimate of drug-likeness (QED) is 0.0838. The Labute approximate surface area is 282 Å². The summed E-state index contributed by atoms with van der Waals surface area (Å²) in [5.41, 5.74) is 1.38. The number of rotatable bonds is 11. The number of carbonyl (C=O) groups is 3. The monoisotopic (exact) mass is 651 g/mol. The lowest BCUT2D eigenvalue weighted by Crippen LogP contribution is -2.34. The van der Waals surface area contributed by atoms with Crippen molar-refractivity contribution in [3.05, 3.63) is 66.3 Å². The van der Waals surface area contributed by atoms with E-state index < -0.39 is 12.2 Å². The van der Waals surface area contributed by atoms with E-state index in [-0.39, 0.29) is 65.4 Å². The van der Waals surface area contributed by atoms with Crippen LogP contribution in [0.2, 0.25) is 0 Å². The van der Waals surface area contributed by atoms with Gasteiger partial charge in [-0.3, -0.25) is 14.9 Å². The number of anilines is 1. The second-order valence-electron chi connectivity index (χ2n) is 14.4. The van der Waals surface area contributed by atoms with Gasteiger partial charge in [-0.05, 0) is 68.2 Å². The number of carbonyl (C=O) groups excluding carboxylic acids is 3. The zero-order valence-corrected chi connectivity index (χ0v) is 29.9. The molecule has 0 spiro atoms. The fourth-order valence-corrected chi connectivity index (χ4v) is 6.29. The summed E-state index contributed by atoms with van der Waals surface area (Å²) >= 11 is 0. The van der Waals surface area contributed by atoms with Crippen LogP contribution in [0.25, 0.3) is 0 Å². The minimum absolute atomic E-state index is 0.0454. The Morgan fingerprint density at radius 2 is 1.81 bits per heavy atom. The zero-order chi connectivity index (χ0) is 34.7. The van der Waals surface area contributed by atoms with Gasteiger partial charge in [-0.15, -0.1) is 0 Å². The molecule has 3 rings (SSSR count). The lowest BCUT2D eigenvalue weighted by atomic mass is 9.78. The Kier molecular flexibility index (Phi) is 14.3. The van der Waals surface area contributed by atoms with Crippen molar-refractivity contribution >= 4 is 23.7 Å². The van der Waals surface area contributed by atoms with Crippen molar-refractivity contribution in [2.45, 2.75) is 125 Å². The van der Waals surface area contributed by atoms with Crippen LogP contribution < -0.4 is 5.32 Å².